The summed E-state index contributed by atoms with van der Waals surface area (Å²) in [6.45, 7) is 7.32. The molecule has 2 heterocycles. The van der Waals surface area contributed by atoms with Gasteiger partial charge in [-0.05, 0) is 42.7 Å². The molecule has 0 bridgehead atoms. The third-order valence-corrected chi connectivity index (χ3v) is 7.12. The Labute approximate surface area is 199 Å². The molecule has 2 N–H and O–H groups in total. The predicted octanol–water partition coefficient (Wildman–Crippen LogP) is 2.80. The Bertz CT molecular complexity index is 1150. The van der Waals surface area contributed by atoms with Crippen LogP contribution < -0.4 is 29.0 Å². The number of nitrogens with one attached hydrogen (secondary N) is 2. The summed E-state index contributed by atoms with van der Waals surface area (Å²) in [7, 11) is -3.99. The van der Waals surface area contributed by atoms with Crippen molar-refractivity contribution in [3.8, 4) is 23.0 Å². The maximum absolute atomic E-state index is 13.1. The van der Waals surface area contributed by atoms with Crippen molar-refractivity contribution in [2.45, 2.75) is 44.2 Å². The lowest BCUT2D eigenvalue weighted by Crippen LogP contribution is -2.50. The molecule has 184 valence electrons. The van der Waals surface area contributed by atoms with Gasteiger partial charge in [0.2, 0.25) is 15.9 Å². The van der Waals surface area contributed by atoms with Gasteiger partial charge >= 0.3 is 0 Å². The lowest BCUT2D eigenvalue weighted by atomic mass is 10.0. The molecule has 1 amide bonds. The Morgan fingerprint density at radius 2 is 1.41 bits per heavy atom. The van der Waals surface area contributed by atoms with Crippen LogP contribution in [0.4, 0.5) is 0 Å². The molecule has 9 nitrogen and oxygen atoms in total. The summed E-state index contributed by atoms with van der Waals surface area (Å²) in [5, 5.41) is 2.91. The summed E-state index contributed by atoms with van der Waals surface area (Å²) in [4.78, 5) is 13.1. The first-order valence-electron chi connectivity index (χ1n) is 11.4. The van der Waals surface area contributed by atoms with E-state index in [1.54, 1.807) is 26.0 Å². The number of rotatable bonds is 7. The van der Waals surface area contributed by atoms with Crippen LogP contribution in [0.2, 0.25) is 0 Å². The number of amides is 1. The summed E-state index contributed by atoms with van der Waals surface area (Å²) in [6, 6.07) is 8.59. The molecule has 0 fully saturated rings. The fourth-order valence-corrected chi connectivity index (χ4v) is 5.11. The minimum absolute atomic E-state index is 0.00934. The molecule has 2 aliphatic heterocycles. The van der Waals surface area contributed by atoms with Crippen molar-refractivity contribution >= 4 is 15.9 Å². The van der Waals surface area contributed by atoms with Crippen molar-refractivity contribution in [1.82, 2.24) is 10.0 Å². The van der Waals surface area contributed by atoms with Gasteiger partial charge in [-0.3, -0.25) is 4.79 Å². The van der Waals surface area contributed by atoms with Gasteiger partial charge in [-0.25, -0.2) is 8.42 Å². The number of carbonyl (C=O) groups excluding carboxylic acids is 1. The molecule has 0 saturated carbocycles. The molecule has 10 heteroatoms. The van der Waals surface area contributed by atoms with Crippen LogP contribution in [-0.2, 0) is 14.8 Å². The average molecular weight is 491 g/mol. The van der Waals surface area contributed by atoms with Crippen LogP contribution in [0.25, 0.3) is 0 Å². The quantitative estimate of drug-likeness (QED) is 0.614. The molecule has 2 atom stereocenters. The summed E-state index contributed by atoms with van der Waals surface area (Å²) in [6.07, 6.45) is 0.714. The molecule has 0 radical (unpaired) electrons. The summed E-state index contributed by atoms with van der Waals surface area (Å²) >= 11 is 0. The molecule has 0 saturated heterocycles. The van der Waals surface area contributed by atoms with Gasteiger partial charge in [0.15, 0.2) is 23.0 Å². The minimum atomic E-state index is -3.99. The fraction of sp³-hybridized carbons (Fsp3) is 0.458. The van der Waals surface area contributed by atoms with Gasteiger partial charge in [-0.1, -0.05) is 19.9 Å². The smallest absolute Gasteiger partial charge is 0.241 e. The van der Waals surface area contributed by atoms with Gasteiger partial charge in [0.1, 0.15) is 19.3 Å². The van der Waals surface area contributed by atoms with Gasteiger partial charge in [0, 0.05) is 12.5 Å². The summed E-state index contributed by atoms with van der Waals surface area (Å²) in [5.41, 5.74) is 0.825. The summed E-state index contributed by atoms with van der Waals surface area (Å²) in [5.74, 6) is 1.45. The second-order valence-electron chi connectivity index (χ2n) is 8.64. The van der Waals surface area contributed by atoms with E-state index in [9.17, 15) is 13.2 Å². The van der Waals surface area contributed by atoms with Crippen molar-refractivity contribution in [3.05, 3.63) is 42.0 Å². The number of sulfonamides is 1. The van der Waals surface area contributed by atoms with Gasteiger partial charge in [0.05, 0.1) is 24.2 Å². The van der Waals surface area contributed by atoms with E-state index in [1.807, 2.05) is 19.1 Å². The minimum Gasteiger partial charge on any atom is -0.490 e. The molecule has 2 aromatic rings. The average Bonchev–Trinajstić information content (AvgIpc) is 3.07. The van der Waals surface area contributed by atoms with E-state index in [0.29, 0.717) is 55.8 Å². The highest BCUT2D eigenvalue weighted by Crippen LogP contribution is 2.33. The SMILES string of the molecule is CC(NC(=O)C(NS(=O)(=O)c1ccc2c(c1)OCCCO2)C(C)C)c1ccc2c(c1)OCCO2. The maximum Gasteiger partial charge on any atom is 0.241 e. The third-order valence-electron chi connectivity index (χ3n) is 5.69. The van der Waals surface area contributed by atoms with Crippen LogP contribution in [0.1, 0.15) is 38.8 Å². The second-order valence-corrected chi connectivity index (χ2v) is 10.3. The van der Waals surface area contributed by atoms with Crippen molar-refractivity contribution in [2.75, 3.05) is 26.4 Å². The van der Waals surface area contributed by atoms with Crippen molar-refractivity contribution < 1.29 is 32.2 Å². The maximum atomic E-state index is 13.1. The van der Waals surface area contributed by atoms with Crippen LogP contribution in [0, 0.1) is 5.92 Å². The van der Waals surface area contributed by atoms with E-state index in [0.717, 1.165) is 5.56 Å². The Kier molecular flexibility index (Phi) is 7.18. The molecule has 4 rings (SSSR count). The van der Waals surface area contributed by atoms with Gasteiger partial charge in [-0.2, -0.15) is 4.72 Å². The van der Waals surface area contributed by atoms with Crippen LogP contribution in [0.15, 0.2) is 41.3 Å². The van der Waals surface area contributed by atoms with E-state index in [1.165, 1.54) is 12.1 Å². The Hall–Kier alpha value is -2.98. The standard InChI is InChI=1S/C24H30N2O7S/c1-15(2)23(24(27)25-16(3)17-5-7-19-21(13-17)33-12-11-32-19)26-34(28,29)18-6-8-20-22(14-18)31-10-4-9-30-20/h5-8,13-16,23,26H,4,9-12H2,1-3H3,(H,25,27). The largest absolute Gasteiger partial charge is 0.490 e. The van der Waals surface area contributed by atoms with Crippen molar-refractivity contribution in [1.29, 1.82) is 0 Å². The number of hydrogen-bond donors (Lipinski definition) is 2. The van der Waals surface area contributed by atoms with E-state index in [2.05, 4.69) is 10.0 Å². The Morgan fingerprint density at radius 3 is 2.12 bits per heavy atom. The normalized spacial score (nSPS) is 16.9. The van der Waals surface area contributed by atoms with Crippen LogP contribution in [0.5, 0.6) is 23.0 Å². The lowest BCUT2D eigenvalue weighted by molar-refractivity contribution is -0.124. The predicted molar refractivity (Wildman–Crippen MR) is 125 cm³/mol. The number of fused-ring (bicyclic) bond motifs is 2. The molecule has 0 aromatic heterocycles. The first-order chi connectivity index (χ1) is 16.2. The highest BCUT2D eigenvalue weighted by molar-refractivity contribution is 7.89. The van der Waals surface area contributed by atoms with Gasteiger partial charge in [0.25, 0.3) is 0 Å². The summed E-state index contributed by atoms with van der Waals surface area (Å²) < 4.78 is 51.1. The highest BCUT2D eigenvalue weighted by Gasteiger charge is 2.30. The number of ether oxygens (including phenoxy) is 4. The van der Waals surface area contributed by atoms with E-state index >= 15 is 0 Å². The van der Waals surface area contributed by atoms with Crippen molar-refractivity contribution in [3.63, 3.8) is 0 Å². The zero-order valence-electron chi connectivity index (χ0n) is 19.5. The van der Waals surface area contributed by atoms with E-state index < -0.39 is 22.0 Å². The number of hydrogen-bond acceptors (Lipinski definition) is 7. The second kappa shape index (κ2) is 10.1. The molecule has 2 unspecified atom stereocenters. The van der Waals surface area contributed by atoms with Crippen LogP contribution >= 0.6 is 0 Å². The monoisotopic (exact) mass is 490 g/mol. The van der Waals surface area contributed by atoms with E-state index in [4.69, 9.17) is 18.9 Å². The molecular formula is C24H30N2O7S. The topological polar surface area (TPSA) is 112 Å². The zero-order valence-corrected chi connectivity index (χ0v) is 20.3. The van der Waals surface area contributed by atoms with Crippen LogP contribution in [-0.4, -0.2) is 46.8 Å². The highest BCUT2D eigenvalue weighted by atomic mass is 32.2. The number of benzene rings is 2. The molecule has 2 aliphatic rings. The van der Waals surface area contributed by atoms with Crippen molar-refractivity contribution in [2.24, 2.45) is 5.92 Å². The third kappa shape index (κ3) is 5.39. The van der Waals surface area contributed by atoms with Gasteiger partial charge in [-0.15, -0.1) is 0 Å². The molecular weight excluding hydrogens is 460 g/mol. The first-order valence-corrected chi connectivity index (χ1v) is 12.8. The Morgan fingerprint density at radius 1 is 0.824 bits per heavy atom. The number of carbonyl (C=O) groups is 1. The molecule has 0 aliphatic carbocycles. The molecule has 0 spiro atoms. The van der Waals surface area contributed by atoms with Gasteiger partial charge < -0.3 is 24.3 Å². The van der Waals surface area contributed by atoms with E-state index in [-0.39, 0.29) is 16.9 Å². The molecule has 34 heavy (non-hydrogen) atoms. The Balaban J connectivity index is 1.48. The lowest BCUT2D eigenvalue weighted by Gasteiger charge is -2.25. The fourth-order valence-electron chi connectivity index (χ4n) is 3.75. The van der Waals surface area contributed by atoms with Crippen LogP contribution in [0.3, 0.4) is 0 Å². The molecule has 2 aromatic carbocycles. The zero-order chi connectivity index (χ0) is 24.3. The first kappa shape index (κ1) is 24.2.